The minimum Gasteiger partial charge on any atom is -0.457 e. The van der Waals surface area contributed by atoms with Crippen molar-refractivity contribution in [1.82, 2.24) is 0 Å². The van der Waals surface area contributed by atoms with Gasteiger partial charge < -0.3 is 14.2 Å². The van der Waals surface area contributed by atoms with Crippen LogP contribution in [-0.2, 0) is 31.5 Å². The molecule has 0 heterocycles. The Balaban J connectivity index is 0.000000304. The minimum atomic E-state index is -5.71. The molecule has 7 nitrogen and oxygen atoms in total. The molecule has 0 amide bonds. The molecular formula is C26H14F10O7. The van der Waals surface area contributed by atoms with Crippen LogP contribution >= 0.6 is 0 Å². The third-order valence-electron chi connectivity index (χ3n) is 4.73. The number of alkyl halides is 6. The van der Waals surface area contributed by atoms with Gasteiger partial charge in [-0.2, -0.15) is 35.1 Å². The van der Waals surface area contributed by atoms with Crippen molar-refractivity contribution < 1.29 is 77.3 Å². The first-order chi connectivity index (χ1) is 19.7. The lowest BCUT2D eigenvalue weighted by atomic mass is 10.1. The summed E-state index contributed by atoms with van der Waals surface area (Å²) in [6.07, 6.45) is -10.1. The number of carbonyl (C=O) groups is 4. The topological polar surface area (TPSA) is 96.0 Å². The van der Waals surface area contributed by atoms with Gasteiger partial charge in [0.1, 0.15) is 22.8 Å². The van der Waals surface area contributed by atoms with E-state index in [0.717, 1.165) is 19.1 Å². The number of hydrogen-bond donors (Lipinski definition) is 0. The third kappa shape index (κ3) is 9.01. The van der Waals surface area contributed by atoms with E-state index < -0.39 is 76.0 Å². The maximum atomic E-state index is 13.2. The Morgan fingerprint density at radius 3 is 1.28 bits per heavy atom. The molecule has 3 aromatic rings. The number of Topliss-reactive ketones (excluding diaryl/α,β-unsaturated/α-hetero) is 2. The molecule has 0 radical (unpaired) electrons. The molecule has 0 atom stereocenters. The summed E-state index contributed by atoms with van der Waals surface area (Å²) in [4.78, 5) is 43.1. The Hall–Kier alpha value is -4.96. The molecule has 0 spiro atoms. The molecule has 0 aromatic heterocycles. The van der Waals surface area contributed by atoms with Crippen molar-refractivity contribution in [2.45, 2.75) is 26.2 Å². The molecule has 0 saturated heterocycles. The zero-order valence-electron chi connectivity index (χ0n) is 21.3. The molecule has 0 fully saturated rings. The van der Waals surface area contributed by atoms with Crippen LogP contribution in [0.25, 0.3) is 0 Å². The monoisotopic (exact) mass is 628 g/mol. The molecule has 0 aliphatic rings. The third-order valence-corrected chi connectivity index (χ3v) is 4.73. The van der Waals surface area contributed by atoms with Crippen LogP contribution in [0.5, 0.6) is 23.0 Å². The van der Waals surface area contributed by atoms with Crippen LogP contribution < -0.4 is 14.2 Å². The van der Waals surface area contributed by atoms with E-state index in [-0.39, 0.29) is 11.5 Å². The second-order valence-electron chi connectivity index (χ2n) is 7.94. The van der Waals surface area contributed by atoms with Gasteiger partial charge in [0.05, 0.1) is 5.56 Å². The minimum absolute atomic E-state index is 0.157. The molecule has 3 aromatic carbocycles. The fourth-order valence-electron chi connectivity index (χ4n) is 2.72. The lowest BCUT2D eigenvalue weighted by molar-refractivity contribution is -0.146. The van der Waals surface area contributed by atoms with Crippen molar-refractivity contribution in [3.8, 4) is 23.0 Å². The smallest absolute Gasteiger partial charge is 0.422 e. The number of ether oxygens (including phenoxy) is 3. The van der Waals surface area contributed by atoms with Crippen molar-refractivity contribution in [3.05, 3.63) is 82.9 Å². The van der Waals surface area contributed by atoms with Crippen LogP contribution in [0.4, 0.5) is 43.9 Å². The molecule has 0 unspecified atom stereocenters. The lowest BCUT2D eigenvalue weighted by Gasteiger charge is -2.13. The van der Waals surface area contributed by atoms with Crippen LogP contribution in [0, 0.1) is 23.3 Å². The highest BCUT2D eigenvalue weighted by atomic mass is 19.4. The maximum Gasteiger partial charge on any atom is 0.422 e. The number of rotatable bonds is 6. The number of esters is 2. The average molecular weight is 628 g/mol. The molecule has 3 rings (SSSR count). The molecule has 0 aliphatic heterocycles. The summed E-state index contributed by atoms with van der Waals surface area (Å²) in [6.45, 7) is 1.69. The number of halogens is 10. The summed E-state index contributed by atoms with van der Waals surface area (Å²) in [5, 5.41) is 0. The molecule has 0 bridgehead atoms. The van der Waals surface area contributed by atoms with Crippen LogP contribution in [0.1, 0.15) is 25.0 Å². The van der Waals surface area contributed by atoms with E-state index in [1.54, 1.807) is 0 Å². The zero-order valence-corrected chi connectivity index (χ0v) is 21.3. The Morgan fingerprint density at radius 1 is 0.535 bits per heavy atom. The van der Waals surface area contributed by atoms with Crippen LogP contribution in [0.15, 0.2) is 48.5 Å². The van der Waals surface area contributed by atoms with E-state index in [0.29, 0.717) is 12.7 Å². The van der Waals surface area contributed by atoms with Crippen molar-refractivity contribution in [2.24, 2.45) is 0 Å². The summed E-state index contributed by atoms with van der Waals surface area (Å²) in [7, 11) is 0. The average Bonchev–Trinajstić information content (AvgIpc) is 2.90. The van der Waals surface area contributed by atoms with Crippen LogP contribution in [0.2, 0.25) is 0 Å². The lowest BCUT2D eigenvalue weighted by Crippen LogP contribution is -2.21. The van der Waals surface area contributed by atoms with E-state index in [2.05, 4.69) is 4.74 Å². The largest absolute Gasteiger partial charge is 0.457 e. The molecular weight excluding hydrogens is 614 g/mol. The number of carbonyl (C=O) groups excluding carboxylic acids is 4. The van der Waals surface area contributed by atoms with E-state index in [1.165, 1.54) is 36.4 Å². The fraction of sp³-hybridized carbons (Fsp3) is 0.154. The van der Waals surface area contributed by atoms with Gasteiger partial charge in [-0.3, -0.25) is 9.59 Å². The summed E-state index contributed by atoms with van der Waals surface area (Å²) >= 11 is 0. The highest BCUT2D eigenvalue weighted by Crippen LogP contribution is 2.39. The first-order valence-corrected chi connectivity index (χ1v) is 11.1. The summed E-state index contributed by atoms with van der Waals surface area (Å²) in [5.74, 6) is -17.1. The van der Waals surface area contributed by atoms with Gasteiger partial charge in [-0.1, -0.05) is 0 Å². The molecule has 230 valence electrons. The quantitative estimate of drug-likeness (QED) is 0.0980. The first-order valence-electron chi connectivity index (χ1n) is 11.1. The van der Waals surface area contributed by atoms with Crippen molar-refractivity contribution in [3.63, 3.8) is 0 Å². The van der Waals surface area contributed by atoms with Crippen LogP contribution in [0.3, 0.4) is 0 Å². The van der Waals surface area contributed by atoms with Gasteiger partial charge in [-0.15, -0.1) is 0 Å². The van der Waals surface area contributed by atoms with E-state index in [1.807, 2.05) is 0 Å². The van der Waals surface area contributed by atoms with Gasteiger partial charge in [0.25, 0.3) is 0 Å². The van der Waals surface area contributed by atoms with Gasteiger partial charge in [-0.25, -0.2) is 18.4 Å². The molecule has 17 heteroatoms. The van der Waals surface area contributed by atoms with Crippen LogP contribution in [-0.4, -0.2) is 23.5 Å². The van der Waals surface area contributed by atoms with Crippen molar-refractivity contribution in [1.29, 1.82) is 0 Å². The predicted molar refractivity (Wildman–Crippen MR) is 122 cm³/mol. The SMILES string of the molecule is CC(=O)C(=O)Oc1c(F)c(F)c(C(F)(F)F)c(F)c1F.CC(=O)C(=O)Oc1ccc(Oc2ccc(C(F)(F)F)cc2)cc1. The van der Waals surface area contributed by atoms with Crippen molar-refractivity contribution in [2.75, 3.05) is 0 Å². The second kappa shape index (κ2) is 13.3. The molecule has 43 heavy (non-hydrogen) atoms. The Morgan fingerprint density at radius 2 is 0.907 bits per heavy atom. The Kier molecular flexibility index (Phi) is 10.6. The van der Waals surface area contributed by atoms with Crippen molar-refractivity contribution >= 4 is 23.5 Å². The number of hydrogen-bond acceptors (Lipinski definition) is 7. The molecule has 0 N–H and O–H groups in total. The Bertz CT molecular complexity index is 1500. The number of benzene rings is 3. The van der Waals surface area contributed by atoms with Gasteiger partial charge in [0, 0.05) is 13.8 Å². The van der Waals surface area contributed by atoms with E-state index >= 15 is 0 Å². The Labute approximate surface area is 233 Å². The summed E-state index contributed by atoms with van der Waals surface area (Å²) in [6, 6.07) is 9.96. The molecule has 0 saturated carbocycles. The normalized spacial score (nSPS) is 11.2. The highest BCUT2D eigenvalue weighted by molar-refractivity contribution is 6.33. The second-order valence-corrected chi connectivity index (χ2v) is 7.94. The van der Waals surface area contributed by atoms with E-state index in [9.17, 15) is 63.1 Å². The molecule has 0 aliphatic carbocycles. The van der Waals surface area contributed by atoms with Gasteiger partial charge in [0.2, 0.25) is 29.0 Å². The zero-order chi connectivity index (χ0) is 32.9. The fourth-order valence-corrected chi connectivity index (χ4v) is 2.72. The summed E-state index contributed by atoms with van der Waals surface area (Å²) < 4.78 is 140. The predicted octanol–water partition coefficient (Wildman–Crippen LogP) is 6.75. The van der Waals surface area contributed by atoms with E-state index in [4.69, 9.17) is 9.47 Å². The standard InChI is InChI=1S/C16H11F3O4.C10H3F7O3/c1-10(20)15(21)23-14-8-6-13(7-9-14)22-12-4-2-11(3-5-12)16(17,18)19;1-2(18)9(19)20-8-6(13)4(11)3(10(15,16)17)5(12)7(8)14/h2-9H,1H3;1H3. The first kappa shape index (κ1) is 34.2. The highest BCUT2D eigenvalue weighted by Gasteiger charge is 2.43. The van der Waals surface area contributed by atoms with Gasteiger partial charge >= 0.3 is 24.3 Å². The van der Waals surface area contributed by atoms with Gasteiger partial charge in [0.15, 0.2) is 11.6 Å². The maximum absolute atomic E-state index is 13.2. The summed E-state index contributed by atoms with van der Waals surface area (Å²) in [5.41, 5.74) is -3.58. The van der Waals surface area contributed by atoms with Gasteiger partial charge in [-0.05, 0) is 48.5 Å². The number of ketones is 2.